The van der Waals surface area contributed by atoms with Crippen LogP contribution in [-0.2, 0) is 0 Å². The van der Waals surface area contributed by atoms with Crippen LogP contribution >= 0.6 is 35.6 Å². The van der Waals surface area contributed by atoms with Crippen molar-refractivity contribution in [2.24, 2.45) is 5.73 Å². The number of hydrogen-bond acceptors (Lipinski definition) is 2. The number of benzene rings is 1. The molecular weight excluding hydrogens is 268 g/mol. The van der Waals surface area contributed by atoms with Gasteiger partial charge in [-0.25, -0.2) is 0 Å². The van der Waals surface area contributed by atoms with E-state index in [1.165, 1.54) is 0 Å². The lowest BCUT2D eigenvalue weighted by Gasteiger charge is -2.18. The van der Waals surface area contributed by atoms with E-state index in [0.29, 0.717) is 16.5 Å². The monoisotopic (exact) mass is 283 g/mol. The number of hydrogen-bond donors (Lipinski definition) is 2. The Bertz CT molecular complexity index is 333. The van der Waals surface area contributed by atoms with Crippen LogP contribution < -0.4 is 5.73 Å². The molecule has 2 atom stereocenters. The van der Waals surface area contributed by atoms with E-state index in [0.717, 1.165) is 12.0 Å². The van der Waals surface area contributed by atoms with Crippen molar-refractivity contribution in [1.29, 1.82) is 0 Å². The molecule has 0 amide bonds. The van der Waals surface area contributed by atoms with Crippen LogP contribution in [0.5, 0.6) is 0 Å². The van der Waals surface area contributed by atoms with Crippen molar-refractivity contribution in [2.45, 2.75) is 31.9 Å². The summed E-state index contributed by atoms with van der Waals surface area (Å²) in [5.74, 6) is 0. The van der Waals surface area contributed by atoms with Crippen LogP contribution in [-0.4, -0.2) is 11.2 Å². The first-order valence-corrected chi connectivity index (χ1v) is 5.70. The highest BCUT2D eigenvalue weighted by Gasteiger charge is 2.16. The van der Waals surface area contributed by atoms with E-state index < -0.39 is 12.1 Å². The van der Waals surface area contributed by atoms with Gasteiger partial charge in [0.2, 0.25) is 0 Å². The summed E-state index contributed by atoms with van der Waals surface area (Å²) >= 11 is 11.7. The van der Waals surface area contributed by atoms with Crippen LogP contribution in [0.25, 0.3) is 0 Å². The fourth-order valence-electron chi connectivity index (χ4n) is 1.42. The van der Waals surface area contributed by atoms with Crippen molar-refractivity contribution in [2.75, 3.05) is 0 Å². The summed E-state index contributed by atoms with van der Waals surface area (Å²) in [5.41, 5.74) is 6.70. The van der Waals surface area contributed by atoms with E-state index >= 15 is 0 Å². The molecule has 0 aliphatic carbocycles. The third-order valence-corrected chi connectivity index (χ3v) is 3.07. The molecule has 0 saturated carbocycles. The Morgan fingerprint density at radius 2 is 1.94 bits per heavy atom. The van der Waals surface area contributed by atoms with Crippen LogP contribution in [0.15, 0.2) is 18.2 Å². The van der Waals surface area contributed by atoms with Crippen molar-refractivity contribution in [3.8, 4) is 0 Å². The van der Waals surface area contributed by atoms with Crippen LogP contribution in [0.2, 0.25) is 10.0 Å². The van der Waals surface area contributed by atoms with Gasteiger partial charge in [-0.05, 0) is 24.1 Å². The maximum atomic E-state index is 9.73. The molecular formula is C11H16Cl3NO. The molecule has 1 rings (SSSR count). The predicted molar refractivity (Wildman–Crippen MR) is 71.6 cm³/mol. The summed E-state index contributed by atoms with van der Waals surface area (Å²) < 4.78 is 0. The van der Waals surface area contributed by atoms with E-state index in [9.17, 15) is 5.11 Å². The minimum Gasteiger partial charge on any atom is -0.391 e. The van der Waals surface area contributed by atoms with Gasteiger partial charge < -0.3 is 10.8 Å². The molecule has 0 spiro atoms. The van der Waals surface area contributed by atoms with Crippen molar-refractivity contribution in [1.82, 2.24) is 0 Å². The van der Waals surface area contributed by atoms with Gasteiger partial charge in [-0.3, -0.25) is 0 Å². The van der Waals surface area contributed by atoms with Crippen LogP contribution in [0, 0.1) is 0 Å². The van der Waals surface area contributed by atoms with E-state index in [1.807, 2.05) is 6.92 Å². The van der Waals surface area contributed by atoms with Crippen molar-refractivity contribution in [3.63, 3.8) is 0 Å². The normalized spacial score (nSPS) is 14.1. The van der Waals surface area contributed by atoms with E-state index in [1.54, 1.807) is 18.2 Å². The summed E-state index contributed by atoms with van der Waals surface area (Å²) in [6.07, 6.45) is 1.05. The maximum absolute atomic E-state index is 9.73. The SMILES string of the molecule is CCC[C@H](O)[C@H](N)c1ccc(Cl)c(Cl)c1.Cl. The largest absolute Gasteiger partial charge is 0.391 e. The van der Waals surface area contributed by atoms with E-state index in [-0.39, 0.29) is 12.4 Å². The Balaban J connectivity index is 0.00000225. The van der Waals surface area contributed by atoms with Gasteiger partial charge in [0.25, 0.3) is 0 Å². The molecule has 0 fully saturated rings. The Labute approximate surface area is 112 Å². The zero-order chi connectivity index (χ0) is 11.4. The van der Waals surface area contributed by atoms with Crippen LogP contribution in [0.3, 0.4) is 0 Å². The lowest BCUT2D eigenvalue weighted by Crippen LogP contribution is -2.25. The summed E-state index contributed by atoms with van der Waals surface area (Å²) in [5, 5.41) is 10.7. The summed E-state index contributed by atoms with van der Waals surface area (Å²) in [7, 11) is 0. The first-order valence-electron chi connectivity index (χ1n) is 4.94. The second kappa shape index (κ2) is 7.36. The molecule has 0 unspecified atom stereocenters. The first kappa shape index (κ1) is 16.0. The quantitative estimate of drug-likeness (QED) is 0.888. The minimum atomic E-state index is -0.535. The number of aliphatic hydroxyl groups excluding tert-OH is 1. The number of rotatable bonds is 4. The van der Waals surface area contributed by atoms with Crippen molar-refractivity contribution in [3.05, 3.63) is 33.8 Å². The Hall–Kier alpha value is 0.01000. The van der Waals surface area contributed by atoms with Gasteiger partial charge >= 0.3 is 0 Å². The second-order valence-corrected chi connectivity index (χ2v) is 4.37. The lowest BCUT2D eigenvalue weighted by atomic mass is 9.99. The lowest BCUT2D eigenvalue weighted by molar-refractivity contribution is 0.134. The molecule has 3 N–H and O–H groups in total. The smallest absolute Gasteiger partial charge is 0.0732 e. The zero-order valence-corrected chi connectivity index (χ0v) is 11.3. The van der Waals surface area contributed by atoms with Gasteiger partial charge in [0.1, 0.15) is 0 Å². The van der Waals surface area contributed by atoms with Crippen molar-refractivity contribution < 1.29 is 5.11 Å². The molecule has 0 bridgehead atoms. The van der Waals surface area contributed by atoms with E-state index in [2.05, 4.69) is 0 Å². The summed E-state index contributed by atoms with van der Waals surface area (Å²) in [6.45, 7) is 2.00. The average molecular weight is 285 g/mol. The van der Waals surface area contributed by atoms with Gasteiger partial charge in [-0.15, -0.1) is 12.4 Å². The average Bonchev–Trinajstić information content (AvgIpc) is 2.21. The fourth-order valence-corrected chi connectivity index (χ4v) is 1.72. The summed E-state index contributed by atoms with van der Waals surface area (Å²) in [6, 6.07) is 4.78. The summed E-state index contributed by atoms with van der Waals surface area (Å²) in [4.78, 5) is 0. The Morgan fingerprint density at radius 1 is 1.31 bits per heavy atom. The molecule has 1 aromatic carbocycles. The molecule has 0 radical (unpaired) electrons. The molecule has 0 aliphatic rings. The molecule has 2 nitrogen and oxygen atoms in total. The zero-order valence-electron chi connectivity index (χ0n) is 8.99. The first-order chi connectivity index (χ1) is 7.06. The third-order valence-electron chi connectivity index (χ3n) is 2.33. The second-order valence-electron chi connectivity index (χ2n) is 3.56. The van der Waals surface area contributed by atoms with Crippen molar-refractivity contribution >= 4 is 35.6 Å². The number of nitrogens with two attached hydrogens (primary N) is 1. The Morgan fingerprint density at radius 3 is 2.44 bits per heavy atom. The van der Waals surface area contributed by atoms with Gasteiger partial charge in [-0.2, -0.15) is 0 Å². The highest BCUT2D eigenvalue weighted by atomic mass is 35.5. The predicted octanol–water partition coefficient (Wildman–Crippen LogP) is 3.58. The fraction of sp³-hybridized carbons (Fsp3) is 0.455. The highest BCUT2D eigenvalue weighted by molar-refractivity contribution is 6.42. The van der Waals surface area contributed by atoms with Crippen LogP contribution in [0.1, 0.15) is 31.4 Å². The molecule has 0 aromatic heterocycles. The third kappa shape index (κ3) is 4.11. The van der Waals surface area contributed by atoms with E-state index in [4.69, 9.17) is 28.9 Å². The highest BCUT2D eigenvalue weighted by Crippen LogP contribution is 2.26. The van der Waals surface area contributed by atoms with Gasteiger partial charge in [-0.1, -0.05) is 42.6 Å². The maximum Gasteiger partial charge on any atom is 0.0732 e. The molecule has 0 aliphatic heterocycles. The molecule has 1 aromatic rings. The standard InChI is InChI=1S/C11H15Cl2NO.ClH/c1-2-3-10(15)11(14)7-4-5-8(12)9(13)6-7;/h4-6,10-11,15H,2-3,14H2,1H3;1H/t10-,11+;/m0./s1. The molecule has 0 saturated heterocycles. The molecule has 0 heterocycles. The van der Waals surface area contributed by atoms with Gasteiger partial charge in [0.05, 0.1) is 22.2 Å². The Kier molecular flexibility index (Phi) is 7.36. The number of aliphatic hydroxyl groups is 1. The van der Waals surface area contributed by atoms with Gasteiger partial charge in [0, 0.05) is 0 Å². The van der Waals surface area contributed by atoms with Crippen LogP contribution in [0.4, 0.5) is 0 Å². The van der Waals surface area contributed by atoms with Gasteiger partial charge in [0.15, 0.2) is 0 Å². The minimum absolute atomic E-state index is 0. The molecule has 92 valence electrons. The molecule has 16 heavy (non-hydrogen) atoms. The topological polar surface area (TPSA) is 46.2 Å². The number of halogens is 3. The molecule has 5 heteroatoms.